The standard InChI is InChI=1S/C13H17ClO/c1-9-6-7-11(8-12(9)14)13(15)10-4-2-3-5-10/h6-8,10,13,15H,2-5H2,1H3. The Balaban J connectivity index is 2.17. The summed E-state index contributed by atoms with van der Waals surface area (Å²) in [5.74, 6) is 0.434. The molecule has 0 bridgehead atoms. The van der Waals surface area contributed by atoms with Gasteiger partial charge in [-0.3, -0.25) is 0 Å². The molecular weight excluding hydrogens is 208 g/mol. The molecule has 1 aliphatic carbocycles. The summed E-state index contributed by atoms with van der Waals surface area (Å²) < 4.78 is 0. The van der Waals surface area contributed by atoms with Crippen molar-refractivity contribution in [3.63, 3.8) is 0 Å². The molecule has 1 aromatic carbocycles. The molecule has 0 aliphatic heterocycles. The minimum Gasteiger partial charge on any atom is -0.388 e. The lowest BCUT2D eigenvalue weighted by Gasteiger charge is -2.18. The second kappa shape index (κ2) is 4.54. The van der Waals surface area contributed by atoms with E-state index in [4.69, 9.17) is 11.6 Å². The molecule has 1 unspecified atom stereocenters. The number of halogens is 1. The number of aliphatic hydroxyl groups excluding tert-OH is 1. The molecule has 1 nitrogen and oxygen atoms in total. The number of rotatable bonds is 2. The van der Waals surface area contributed by atoms with Crippen LogP contribution in [0.4, 0.5) is 0 Å². The third kappa shape index (κ3) is 2.35. The molecule has 82 valence electrons. The van der Waals surface area contributed by atoms with Gasteiger partial charge in [0.15, 0.2) is 0 Å². The van der Waals surface area contributed by atoms with Crippen molar-refractivity contribution in [1.82, 2.24) is 0 Å². The van der Waals surface area contributed by atoms with Crippen LogP contribution in [0.15, 0.2) is 18.2 Å². The third-order valence-corrected chi connectivity index (χ3v) is 3.79. The highest BCUT2D eigenvalue weighted by molar-refractivity contribution is 6.31. The van der Waals surface area contributed by atoms with E-state index in [1.165, 1.54) is 12.8 Å². The second-order valence-corrected chi connectivity index (χ2v) is 4.91. The Labute approximate surface area is 96.1 Å². The van der Waals surface area contributed by atoms with Crippen molar-refractivity contribution in [1.29, 1.82) is 0 Å². The molecule has 1 aliphatic rings. The summed E-state index contributed by atoms with van der Waals surface area (Å²) in [6.07, 6.45) is 4.47. The number of aryl methyl sites for hydroxylation is 1. The molecule has 1 aromatic rings. The van der Waals surface area contributed by atoms with Crippen molar-refractivity contribution >= 4 is 11.6 Å². The van der Waals surface area contributed by atoms with E-state index in [0.717, 1.165) is 29.0 Å². The van der Waals surface area contributed by atoms with Gasteiger partial charge in [-0.2, -0.15) is 0 Å². The maximum absolute atomic E-state index is 10.2. The lowest BCUT2D eigenvalue weighted by atomic mass is 9.94. The first-order valence-corrected chi connectivity index (χ1v) is 6.00. The highest BCUT2D eigenvalue weighted by Crippen LogP contribution is 2.36. The van der Waals surface area contributed by atoms with Gasteiger partial charge in [0.25, 0.3) is 0 Å². The van der Waals surface area contributed by atoms with E-state index in [1.807, 2.05) is 25.1 Å². The molecule has 0 radical (unpaired) electrons. The third-order valence-electron chi connectivity index (χ3n) is 3.38. The Morgan fingerprint density at radius 2 is 2.00 bits per heavy atom. The topological polar surface area (TPSA) is 20.2 Å². The van der Waals surface area contributed by atoms with Crippen molar-refractivity contribution in [3.8, 4) is 0 Å². The SMILES string of the molecule is Cc1ccc(C(O)C2CCCC2)cc1Cl. The van der Waals surface area contributed by atoms with Crippen molar-refractivity contribution in [3.05, 3.63) is 34.3 Å². The van der Waals surface area contributed by atoms with Crippen LogP contribution < -0.4 is 0 Å². The molecule has 15 heavy (non-hydrogen) atoms. The molecule has 2 heteroatoms. The van der Waals surface area contributed by atoms with Crippen LogP contribution in [0.5, 0.6) is 0 Å². The number of aliphatic hydroxyl groups is 1. The molecule has 2 rings (SSSR count). The lowest BCUT2D eigenvalue weighted by molar-refractivity contribution is 0.111. The van der Waals surface area contributed by atoms with Crippen LogP contribution in [-0.4, -0.2) is 5.11 Å². The first-order chi connectivity index (χ1) is 7.18. The van der Waals surface area contributed by atoms with Gasteiger partial charge in [-0.05, 0) is 42.9 Å². The maximum Gasteiger partial charge on any atom is 0.0818 e. The molecule has 1 fully saturated rings. The summed E-state index contributed by atoms with van der Waals surface area (Å²) in [5.41, 5.74) is 2.04. The molecule has 1 saturated carbocycles. The quantitative estimate of drug-likeness (QED) is 0.809. The fraction of sp³-hybridized carbons (Fsp3) is 0.538. The van der Waals surface area contributed by atoms with E-state index < -0.39 is 0 Å². The summed E-state index contributed by atoms with van der Waals surface area (Å²) in [5, 5.41) is 10.9. The van der Waals surface area contributed by atoms with Crippen LogP contribution in [0, 0.1) is 12.8 Å². The van der Waals surface area contributed by atoms with Crippen LogP contribution in [-0.2, 0) is 0 Å². The first-order valence-electron chi connectivity index (χ1n) is 5.62. The molecule has 1 atom stereocenters. The molecule has 1 N–H and O–H groups in total. The van der Waals surface area contributed by atoms with Crippen LogP contribution in [0.1, 0.15) is 42.9 Å². The fourth-order valence-corrected chi connectivity index (χ4v) is 2.53. The average Bonchev–Trinajstić information content (AvgIpc) is 2.74. The number of hydrogen-bond donors (Lipinski definition) is 1. The summed E-state index contributed by atoms with van der Waals surface area (Å²) in [6.45, 7) is 1.98. The van der Waals surface area contributed by atoms with Gasteiger partial charge in [0.2, 0.25) is 0 Å². The number of hydrogen-bond acceptors (Lipinski definition) is 1. The fourth-order valence-electron chi connectivity index (χ4n) is 2.34. The summed E-state index contributed by atoms with van der Waals surface area (Å²) in [7, 11) is 0. The Morgan fingerprint density at radius 3 is 2.60 bits per heavy atom. The molecular formula is C13H17ClO. The molecule has 0 heterocycles. The highest BCUT2D eigenvalue weighted by atomic mass is 35.5. The van der Waals surface area contributed by atoms with Gasteiger partial charge in [0.1, 0.15) is 0 Å². The highest BCUT2D eigenvalue weighted by Gasteiger charge is 2.24. The minimum absolute atomic E-state index is 0.328. The Kier molecular flexibility index (Phi) is 3.32. The Bertz CT molecular complexity index is 342. The minimum atomic E-state index is -0.328. The smallest absolute Gasteiger partial charge is 0.0818 e. The zero-order valence-corrected chi connectivity index (χ0v) is 9.80. The van der Waals surface area contributed by atoms with Crippen molar-refractivity contribution < 1.29 is 5.11 Å². The zero-order chi connectivity index (χ0) is 10.8. The summed E-state index contributed by atoms with van der Waals surface area (Å²) >= 11 is 6.05. The van der Waals surface area contributed by atoms with Crippen LogP contribution >= 0.6 is 11.6 Å². The molecule has 0 aromatic heterocycles. The summed E-state index contributed by atoms with van der Waals surface area (Å²) in [6, 6.07) is 5.87. The monoisotopic (exact) mass is 224 g/mol. The van der Waals surface area contributed by atoms with Gasteiger partial charge < -0.3 is 5.11 Å². The molecule has 0 spiro atoms. The molecule has 0 amide bonds. The summed E-state index contributed by atoms with van der Waals surface area (Å²) in [4.78, 5) is 0. The number of benzene rings is 1. The van der Waals surface area contributed by atoms with Gasteiger partial charge in [-0.1, -0.05) is 36.6 Å². The lowest BCUT2D eigenvalue weighted by Crippen LogP contribution is -2.08. The maximum atomic E-state index is 10.2. The van der Waals surface area contributed by atoms with E-state index in [-0.39, 0.29) is 6.10 Å². The van der Waals surface area contributed by atoms with E-state index in [9.17, 15) is 5.11 Å². The van der Waals surface area contributed by atoms with Gasteiger partial charge in [-0.15, -0.1) is 0 Å². The second-order valence-electron chi connectivity index (χ2n) is 4.50. The van der Waals surface area contributed by atoms with Crippen LogP contribution in [0.2, 0.25) is 5.02 Å². The van der Waals surface area contributed by atoms with E-state index in [0.29, 0.717) is 5.92 Å². The van der Waals surface area contributed by atoms with Crippen molar-refractivity contribution in [2.75, 3.05) is 0 Å². The zero-order valence-electron chi connectivity index (χ0n) is 9.04. The first kappa shape index (κ1) is 11.0. The van der Waals surface area contributed by atoms with Gasteiger partial charge in [-0.25, -0.2) is 0 Å². The van der Waals surface area contributed by atoms with Crippen molar-refractivity contribution in [2.24, 2.45) is 5.92 Å². The average molecular weight is 225 g/mol. The predicted molar refractivity (Wildman–Crippen MR) is 63.1 cm³/mol. The van der Waals surface area contributed by atoms with Gasteiger partial charge >= 0.3 is 0 Å². The van der Waals surface area contributed by atoms with E-state index in [1.54, 1.807) is 0 Å². The Morgan fingerprint density at radius 1 is 1.33 bits per heavy atom. The van der Waals surface area contributed by atoms with Gasteiger partial charge in [0.05, 0.1) is 6.10 Å². The van der Waals surface area contributed by atoms with E-state index in [2.05, 4.69) is 0 Å². The normalized spacial score (nSPS) is 19.4. The van der Waals surface area contributed by atoms with E-state index >= 15 is 0 Å². The largest absolute Gasteiger partial charge is 0.388 e. The molecule has 0 saturated heterocycles. The van der Waals surface area contributed by atoms with Crippen molar-refractivity contribution in [2.45, 2.75) is 38.7 Å². The van der Waals surface area contributed by atoms with Crippen LogP contribution in [0.25, 0.3) is 0 Å². The predicted octanol–water partition coefficient (Wildman–Crippen LogP) is 3.87. The Hall–Kier alpha value is -0.530. The van der Waals surface area contributed by atoms with Gasteiger partial charge in [0, 0.05) is 5.02 Å². The van der Waals surface area contributed by atoms with Crippen LogP contribution in [0.3, 0.4) is 0 Å².